The Kier molecular flexibility index (Phi) is 4.08. The molecule has 0 aliphatic carbocycles. The van der Waals surface area contributed by atoms with E-state index in [1.54, 1.807) is 19.3 Å². The lowest BCUT2D eigenvalue weighted by atomic mass is 10.2. The molecule has 1 aliphatic heterocycles. The third kappa shape index (κ3) is 2.93. The molecule has 1 N–H and O–H groups in total. The maximum absolute atomic E-state index is 12.5. The van der Waals surface area contributed by atoms with Crippen molar-refractivity contribution >= 4 is 34.7 Å². The summed E-state index contributed by atoms with van der Waals surface area (Å²) in [6.07, 6.45) is 1.64. The van der Waals surface area contributed by atoms with Gasteiger partial charge in [0.15, 0.2) is 0 Å². The van der Waals surface area contributed by atoms with Gasteiger partial charge in [-0.25, -0.2) is 4.90 Å². The van der Waals surface area contributed by atoms with Gasteiger partial charge in [0.25, 0.3) is 11.1 Å². The van der Waals surface area contributed by atoms with Crippen LogP contribution in [-0.4, -0.2) is 23.4 Å². The van der Waals surface area contributed by atoms with Crippen molar-refractivity contribution in [2.75, 3.05) is 12.0 Å². The molecule has 5 nitrogen and oxygen atoms in total. The summed E-state index contributed by atoms with van der Waals surface area (Å²) in [7, 11) is 1.55. The van der Waals surface area contributed by atoms with Crippen LogP contribution in [0, 0.1) is 0 Å². The summed E-state index contributed by atoms with van der Waals surface area (Å²) >= 11 is 0.875. The first-order chi connectivity index (χ1) is 11.1. The minimum atomic E-state index is -0.392. The Morgan fingerprint density at radius 3 is 2.48 bits per heavy atom. The zero-order chi connectivity index (χ0) is 16.4. The first-order valence-electron chi connectivity index (χ1n) is 6.80. The second-order valence-electron chi connectivity index (χ2n) is 4.78. The highest BCUT2D eigenvalue weighted by Crippen LogP contribution is 2.37. The summed E-state index contributed by atoms with van der Waals surface area (Å²) < 4.78 is 5.25. The molecule has 3 rings (SSSR count). The molecule has 1 aliphatic rings. The molecule has 1 saturated heterocycles. The van der Waals surface area contributed by atoms with E-state index in [-0.39, 0.29) is 11.0 Å². The number of methoxy groups -OCH3 is 1. The van der Waals surface area contributed by atoms with E-state index in [9.17, 15) is 14.7 Å². The molecule has 2 amide bonds. The Labute approximate surface area is 137 Å². The molecule has 0 aromatic heterocycles. The molecule has 0 unspecified atom stereocenters. The van der Waals surface area contributed by atoms with Crippen molar-refractivity contribution in [2.24, 2.45) is 0 Å². The third-order valence-electron chi connectivity index (χ3n) is 3.33. The van der Waals surface area contributed by atoms with Crippen molar-refractivity contribution < 1.29 is 19.4 Å². The minimum absolute atomic E-state index is 0.0743. The summed E-state index contributed by atoms with van der Waals surface area (Å²) in [4.78, 5) is 26.1. The number of aromatic hydroxyl groups is 1. The minimum Gasteiger partial charge on any atom is -0.508 e. The Morgan fingerprint density at radius 2 is 1.78 bits per heavy atom. The maximum Gasteiger partial charge on any atom is 0.298 e. The average molecular weight is 327 g/mol. The van der Waals surface area contributed by atoms with Crippen LogP contribution in [0.3, 0.4) is 0 Å². The number of rotatable bonds is 3. The van der Waals surface area contributed by atoms with E-state index in [1.165, 1.54) is 24.3 Å². The smallest absolute Gasteiger partial charge is 0.298 e. The number of benzene rings is 2. The molecule has 0 radical (unpaired) electrons. The lowest BCUT2D eigenvalue weighted by Crippen LogP contribution is -2.27. The number of hydrogen-bond donors (Lipinski definition) is 1. The van der Waals surface area contributed by atoms with Crippen LogP contribution >= 0.6 is 11.8 Å². The maximum atomic E-state index is 12.5. The van der Waals surface area contributed by atoms with E-state index in [0.717, 1.165) is 22.2 Å². The second-order valence-corrected chi connectivity index (χ2v) is 5.77. The van der Waals surface area contributed by atoms with E-state index in [4.69, 9.17) is 4.74 Å². The fourth-order valence-electron chi connectivity index (χ4n) is 2.22. The van der Waals surface area contributed by atoms with Crippen molar-refractivity contribution in [1.29, 1.82) is 0 Å². The SMILES string of the molecule is COc1ccccc1C=C1SC(=O)N(c2ccc(O)cc2)C1=O. The topological polar surface area (TPSA) is 66.8 Å². The lowest BCUT2D eigenvalue weighted by molar-refractivity contribution is -0.113. The van der Waals surface area contributed by atoms with Crippen LogP contribution in [0.15, 0.2) is 53.4 Å². The molecular formula is C17H13NO4S. The standard InChI is InChI=1S/C17H13NO4S/c1-22-14-5-3-2-4-11(14)10-15-16(20)18(17(21)23-15)12-6-8-13(19)9-7-12/h2-10,19H,1H3. The van der Waals surface area contributed by atoms with Crippen molar-refractivity contribution in [3.63, 3.8) is 0 Å². The van der Waals surface area contributed by atoms with Crippen LogP contribution < -0.4 is 9.64 Å². The molecular weight excluding hydrogens is 314 g/mol. The van der Waals surface area contributed by atoms with Crippen LogP contribution in [0.1, 0.15) is 5.56 Å². The normalized spacial score (nSPS) is 16.2. The Balaban J connectivity index is 1.95. The van der Waals surface area contributed by atoms with Gasteiger partial charge in [0.1, 0.15) is 11.5 Å². The van der Waals surface area contributed by atoms with Gasteiger partial charge in [0.05, 0.1) is 17.7 Å². The Hall–Kier alpha value is -2.73. The first kappa shape index (κ1) is 15.2. The largest absolute Gasteiger partial charge is 0.508 e. The molecule has 2 aromatic rings. The van der Waals surface area contributed by atoms with E-state index in [2.05, 4.69) is 0 Å². The van der Waals surface area contributed by atoms with E-state index < -0.39 is 5.91 Å². The summed E-state index contributed by atoms with van der Waals surface area (Å²) in [6.45, 7) is 0. The van der Waals surface area contributed by atoms with Gasteiger partial charge in [-0.3, -0.25) is 9.59 Å². The lowest BCUT2D eigenvalue weighted by Gasteiger charge is -2.12. The van der Waals surface area contributed by atoms with Gasteiger partial charge >= 0.3 is 0 Å². The molecule has 1 heterocycles. The number of imide groups is 1. The summed E-state index contributed by atoms with van der Waals surface area (Å²) in [5, 5.41) is 8.94. The van der Waals surface area contributed by atoms with E-state index in [0.29, 0.717) is 16.3 Å². The van der Waals surface area contributed by atoms with Crippen LogP contribution in [0.25, 0.3) is 6.08 Å². The second kappa shape index (κ2) is 6.18. The van der Waals surface area contributed by atoms with Gasteiger partial charge in [-0.1, -0.05) is 18.2 Å². The van der Waals surface area contributed by atoms with E-state index in [1.807, 2.05) is 18.2 Å². The molecule has 0 saturated carbocycles. The molecule has 0 atom stereocenters. The number of phenolic OH excluding ortho intramolecular Hbond substituents is 1. The zero-order valence-electron chi connectivity index (χ0n) is 12.2. The van der Waals surface area contributed by atoms with Crippen molar-refractivity contribution in [1.82, 2.24) is 0 Å². The van der Waals surface area contributed by atoms with Gasteiger partial charge in [0.2, 0.25) is 0 Å². The average Bonchev–Trinajstić information content (AvgIpc) is 2.83. The van der Waals surface area contributed by atoms with Gasteiger partial charge in [-0.05, 0) is 48.2 Å². The first-order valence-corrected chi connectivity index (χ1v) is 7.62. The Bertz CT molecular complexity index is 798. The summed E-state index contributed by atoms with van der Waals surface area (Å²) in [5.41, 5.74) is 1.15. The number of para-hydroxylation sites is 1. The monoisotopic (exact) mass is 327 g/mol. The number of phenols is 1. The summed E-state index contributed by atoms with van der Waals surface area (Å²) in [5.74, 6) is 0.311. The van der Waals surface area contributed by atoms with Crippen molar-refractivity contribution in [2.45, 2.75) is 0 Å². The van der Waals surface area contributed by atoms with Crippen molar-refractivity contribution in [3.05, 3.63) is 59.0 Å². The molecule has 0 spiro atoms. The number of anilines is 1. The van der Waals surface area contributed by atoms with Crippen LogP contribution in [-0.2, 0) is 4.79 Å². The number of hydrogen-bond acceptors (Lipinski definition) is 5. The van der Waals surface area contributed by atoms with Gasteiger partial charge < -0.3 is 9.84 Å². The van der Waals surface area contributed by atoms with Crippen molar-refractivity contribution in [3.8, 4) is 11.5 Å². The summed E-state index contributed by atoms with van der Waals surface area (Å²) in [6, 6.07) is 13.2. The Morgan fingerprint density at radius 1 is 1.09 bits per heavy atom. The molecule has 0 bridgehead atoms. The highest BCUT2D eigenvalue weighted by molar-refractivity contribution is 8.19. The quantitative estimate of drug-likeness (QED) is 0.872. The number of carbonyl (C=O) groups is 2. The van der Waals surface area contributed by atoms with E-state index >= 15 is 0 Å². The predicted octanol–water partition coefficient (Wildman–Crippen LogP) is 3.64. The fourth-order valence-corrected chi connectivity index (χ4v) is 3.05. The number of carbonyl (C=O) groups excluding carboxylic acids is 2. The molecule has 2 aromatic carbocycles. The number of amides is 2. The van der Waals surface area contributed by atoms with Crippen LogP contribution in [0.4, 0.5) is 10.5 Å². The molecule has 1 fully saturated rings. The van der Waals surface area contributed by atoms with Crippen LogP contribution in [0.2, 0.25) is 0 Å². The predicted molar refractivity (Wildman–Crippen MR) is 89.6 cm³/mol. The highest BCUT2D eigenvalue weighted by atomic mass is 32.2. The number of ether oxygens (including phenoxy) is 1. The third-order valence-corrected chi connectivity index (χ3v) is 4.20. The van der Waals surface area contributed by atoms with Crippen LogP contribution in [0.5, 0.6) is 11.5 Å². The molecule has 6 heteroatoms. The van der Waals surface area contributed by atoms with Gasteiger partial charge in [-0.15, -0.1) is 0 Å². The highest BCUT2D eigenvalue weighted by Gasteiger charge is 2.36. The van der Waals surface area contributed by atoms with Gasteiger partial charge in [0, 0.05) is 5.56 Å². The molecule has 23 heavy (non-hydrogen) atoms. The number of nitrogens with zero attached hydrogens (tertiary/aromatic N) is 1. The number of thioether (sulfide) groups is 1. The zero-order valence-corrected chi connectivity index (χ0v) is 13.0. The fraction of sp³-hybridized carbons (Fsp3) is 0.0588. The van der Waals surface area contributed by atoms with Gasteiger partial charge in [-0.2, -0.15) is 0 Å². The molecule has 116 valence electrons.